The summed E-state index contributed by atoms with van der Waals surface area (Å²) in [6.07, 6.45) is 0.747. The normalized spacial score (nSPS) is 10.6. The number of methoxy groups -OCH3 is 3. The number of hydrogen-bond donors (Lipinski definition) is 1. The molecule has 2 rings (SSSR count). The second-order valence-electron chi connectivity index (χ2n) is 6.30. The maximum Gasteiger partial charge on any atom is 0.203 e. The van der Waals surface area contributed by atoms with Crippen LogP contribution in [0.2, 0.25) is 0 Å². The van der Waals surface area contributed by atoms with Gasteiger partial charge in [-0.15, -0.1) is 24.0 Å². The topological polar surface area (TPSA) is 64.6 Å². The molecule has 7 nitrogen and oxygen atoms in total. The van der Waals surface area contributed by atoms with Crippen LogP contribution in [0.4, 0.5) is 0 Å². The lowest BCUT2D eigenvalue weighted by Crippen LogP contribution is -2.41. The van der Waals surface area contributed by atoms with E-state index < -0.39 is 0 Å². The Morgan fingerprint density at radius 2 is 1.67 bits per heavy atom. The molecule has 0 saturated carbocycles. The molecule has 0 fully saturated rings. The quantitative estimate of drug-likeness (QED) is 0.289. The van der Waals surface area contributed by atoms with Gasteiger partial charge in [0.1, 0.15) is 12.4 Å². The van der Waals surface area contributed by atoms with Crippen molar-refractivity contribution in [2.24, 2.45) is 4.99 Å². The zero-order valence-corrected chi connectivity index (χ0v) is 20.6. The Labute approximate surface area is 196 Å². The van der Waals surface area contributed by atoms with Crippen molar-refractivity contribution in [3.8, 4) is 23.0 Å². The molecule has 0 heterocycles. The Bertz CT molecular complexity index is 787. The van der Waals surface area contributed by atoms with Gasteiger partial charge >= 0.3 is 0 Å². The van der Waals surface area contributed by atoms with Crippen molar-refractivity contribution in [2.45, 2.75) is 6.42 Å². The predicted octanol–water partition coefficient (Wildman–Crippen LogP) is 3.46. The first-order valence-electron chi connectivity index (χ1n) is 9.52. The average Bonchev–Trinajstić information content (AvgIpc) is 2.76. The van der Waals surface area contributed by atoms with Gasteiger partial charge in [-0.3, -0.25) is 4.99 Å². The third-order valence-electron chi connectivity index (χ3n) is 4.48. The van der Waals surface area contributed by atoms with Crippen LogP contribution < -0.4 is 24.3 Å². The van der Waals surface area contributed by atoms with Gasteiger partial charge in [0, 0.05) is 26.2 Å². The molecular weight excluding hydrogens is 497 g/mol. The molecule has 0 saturated heterocycles. The van der Waals surface area contributed by atoms with Gasteiger partial charge in [-0.25, -0.2) is 0 Å². The monoisotopic (exact) mass is 529 g/mol. The summed E-state index contributed by atoms with van der Waals surface area (Å²) >= 11 is 0. The number of ether oxygens (including phenoxy) is 4. The number of hydrogen-bond acceptors (Lipinski definition) is 5. The van der Waals surface area contributed by atoms with E-state index in [0.29, 0.717) is 36.9 Å². The molecule has 0 atom stereocenters. The standard InChI is InChI=1S/C22H31N3O4.HI/c1-23-22(25(2)15-16-29-18-9-7-6-8-10-18)24-14-13-17-11-12-19(26-3)21(28-5)20(17)27-4;/h6-12H,13-16H2,1-5H3,(H,23,24);1H. The van der Waals surface area contributed by atoms with Crippen LogP contribution >= 0.6 is 24.0 Å². The molecule has 0 spiro atoms. The Morgan fingerprint density at radius 1 is 0.967 bits per heavy atom. The molecule has 0 radical (unpaired) electrons. The van der Waals surface area contributed by atoms with E-state index in [0.717, 1.165) is 23.7 Å². The van der Waals surface area contributed by atoms with E-state index in [4.69, 9.17) is 18.9 Å². The van der Waals surface area contributed by atoms with Crippen LogP contribution in [0.1, 0.15) is 5.56 Å². The van der Waals surface area contributed by atoms with E-state index >= 15 is 0 Å². The van der Waals surface area contributed by atoms with Crippen molar-refractivity contribution in [2.75, 3.05) is 55.1 Å². The van der Waals surface area contributed by atoms with E-state index in [1.54, 1.807) is 28.4 Å². The first kappa shape index (κ1) is 25.7. The lowest BCUT2D eigenvalue weighted by Gasteiger charge is -2.22. The van der Waals surface area contributed by atoms with E-state index in [1.165, 1.54) is 0 Å². The molecular formula is C22H32IN3O4. The minimum Gasteiger partial charge on any atom is -0.493 e. The van der Waals surface area contributed by atoms with Gasteiger partial charge in [0.2, 0.25) is 5.75 Å². The summed E-state index contributed by atoms with van der Waals surface area (Å²) < 4.78 is 22.1. The summed E-state index contributed by atoms with van der Waals surface area (Å²) in [7, 11) is 8.61. The molecule has 0 bridgehead atoms. The highest BCUT2D eigenvalue weighted by molar-refractivity contribution is 14.0. The van der Waals surface area contributed by atoms with E-state index in [1.807, 2.05) is 54.4 Å². The van der Waals surface area contributed by atoms with E-state index in [2.05, 4.69) is 10.3 Å². The summed E-state index contributed by atoms with van der Waals surface area (Å²) in [5.41, 5.74) is 1.03. The maximum atomic E-state index is 5.76. The Hall–Kier alpha value is -2.36. The minimum absolute atomic E-state index is 0. The highest BCUT2D eigenvalue weighted by atomic mass is 127. The van der Waals surface area contributed by atoms with Crippen molar-refractivity contribution in [1.82, 2.24) is 10.2 Å². The zero-order chi connectivity index (χ0) is 21.1. The van der Waals surface area contributed by atoms with Crippen LogP contribution in [0.5, 0.6) is 23.0 Å². The summed E-state index contributed by atoms with van der Waals surface area (Å²) in [6, 6.07) is 13.7. The Morgan fingerprint density at radius 3 is 2.27 bits per heavy atom. The third kappa shape index (κ3) is 7.16. The average molecular weight is 529 g/mol. The first-order valence-corrected chi connectivity index (χ1v) is 9.52. The van der Waals surface area contributed by atoms with Gasteiger partial charge in [-0.05, 0) is 24.6 Å². The largest absolute Gasteiger partial charge is 0.493 e. The van der Waals surface area contributed by atoms with Crippen LogP contribution in [-0.4, -0.2) is 66.0 Å². The molecule has 30 heavy (non-hydrogen) atoms. The molecule has 0 aliphatic carbocycles. The van der Waals surface area contributed by atoms with Crippen molar-refractivity contribution in [3.63, 3.8) is 0 Å². The number of nitrogens with zero attached hydrogens (tertiary/aromatic N) is 2. The van der Waals surface area contributed by atoms with Crippen molar-refractivity contribution >= 4 is 29.9 Å². The fourth-order valence-electron chi connectivity index (χ4n) is 2.98. The summed E-state index contributed by atoms with van der Waals surface area (Å²) in [5, 5.41) is 3.38. The lowest BCUT2D eigenvalue weighted by molar-refractivity contribution is 0.281. The van der Waals surface area contributed by atoms with Crippen molar-refractivity contribution in [1.29, 1.82) is 0 Å². The number of guanidine groups is 1. The molecule has 0 amide bonds. The van der Waals surface area contributed by atoms with Crippen LogP contribution in [0.15, 0.2) is 47.5 Å². The lowest BCUT2D eigenvalue weighted by atomic mass is 10.1. The van der Waals surface area contributed by atoms with Gasteiger partial charge in [0.25, 0.3) is 0 Å². The van der Waals surface area contributed by atoms with Crippen molar-refractivity contribution in [3.05, 3.63) is 48.0 Å². The predicted molar refractivity (Wildman–Crippen MR) is 131 cm³/mol. The second-order valence-corrected chi connectivity index (χ2v) is 6.30. The van der Waals surface area contributed by atoms with E-state index in [-0.39, 0.29) is 24.0 Å². The van der Waals surface area contributed by atoms with Gasteiger partial charge in [-0.2, -0.15) is 0 Å². The highest BCUT2D eigenvalue weighted by Crippen LogP contribution is 2.39. The second kappa shape index (κ2) is 13.8. The fourth-order valence-corrected chi connectivity index (χ4v) is 2.98. The van der Waals surface area contributed by atoms with Crippen LogP contribution in [0.3, 0.4) is 0 Å². The number of likely N-dealkylation sites (N-methyl/N-ethyl adjacent to an activating group) is 1. The summed E-state index contributed by atoms with van der Waals surface area (Å²) in [5.74, 6) is 3.61. The van der Waals surface area contributed by atoms with Gasteiger partial charge in [-0.1, -0.05) is 24.3 Å². The van der Waals surface area contributed by atoms with Gasteiger partial charge in [0.15, 0.2) is 17.5 Å². The summed E-state index contributed by atoms with van der Waals surface area (Å²) in [6.45, 7) is 1.99. The SMILES string of the molecule is CN=C(NCCc1ccc(OC)c(OC)c1OC)N(C)CCOc1ccccc1.I. The molecule has 0 aromatic heterocycles. The smallest absolute Gasteiger partial charge is 0.203 e. The van der Waals surface area contributed by atoms with Crippen LogP contribution in [-0.2, 0) is 6.42 Å². The third-order valence-corrected chi connectivity index (χ3v) is 4.48. The number of nitrogens with one attached hydrogen (secondary N) is 1. The molecule has 0 unspecified atom stereocenters. The van der Waals surface area contributed by atoms with Gasteiger partial charge in [0.05, 0.1) is 27.9 Å². The molecule has 2 aromatic carbocycles. The number of rotatable bonds is 10. The van der Waals surface area contributed by atoms with E-state index in [9.17, 15) is 0 Å². The highest BCUT2D eigenvalue weighted by Gasteiger charge is 2.15. The van der Waals surface area contributed by atoms with Gasteiger partial charge < -0.3 is 29.2 Å². The summed E-state index contributed by atoms with van der Waals surface area (Å²) in [4.78, 5) is 6.38. The number of halogens is 1. The Kier molecular flexibility index (Phi) is 11.8. The zero-order valence-electron chi connectivity index (χ0n) is 18.3. The van der Waals surface area contributed by atoms with Crippen LogP contribution in [0, 0.1) is 0 Å². The molecule has 0 aliphatic heterocycles. The maximum absolute atomic E-state index is 5.76. The van der Waals surface area contributed by atoms with Crippen LogP contribution in [0.25, 0.3) is 0 Å². The number of benzene rings is 2. The van der Waals surface area contributed by atoms with Crippen molar-refractivity contribution < 1.29 is 18.9 Å². The first-order chi connectivity index (χ1) is 14.1. The molecule has 166 valence electrons. The molecule has 1 N–H and O–H groups in total. The minimum atomic E-state index is 0. The fraction of sp³-hybridized carbons (Fsp3) is 0.409. The Balaban J connectivity index is 0.00000450. The molecule has 0 aliphatic rings. The molecule has 2 aromatic rings. The number of aliphatic imine (C=N–C) groups is 1. The molecule has 8 heteroatoms. The number of para-hydroxylation sites is 1.